The third-order valence-electron chi connectivity index (χ3n) is 7.12. The Labute approximate surface area is 209 Å². The fourth-order valence-electron chi connectivity index (χ4n) is 5.21. The second-order valence-electron chi connectivity index (χ2n) is 9.51. The van der Waals surface area contributed by atoms with Crippen molar-refractivity contribution in [3.8, 4) is 0 Å². The van der Waals surface area contributed by atoms with Crippen molar-refractivity contribution in [2.45, 2.75) is 44.5 Å². The van der Waals surface area contributed by atoms with E-state index in [0.29, 0.717) is 30.4 Å². The fourth-order valence-corrected chi connectivity index (χ4v) is 5.21. The number of fused-ring (bicyclic) bond motifs is 1. The number of alkyl halides is 6. The first-order chi connectivity index (χ1) is 17.3. The van der Waals surface area contributed by atoms with E-state index in [1.54, 1.807) is 5.01 Å². The molecule has 0 radical (unpaired) electrons. The minimum Gasteiger partial charge on any atom is -0.377 e. The summed E-state index contributed by atoms with van der Waals surface area (Å²) < 4.78 is 92.4. The van der Waals surface area contributed by atoms with Crippen LogP contribution in [0.4, 0.5) is 26.3 Å². The van der Waals surface area contributed by atoms with Gasteiger partial charge in [-0.15, -0.1) is 0 Å². The molecular weight excluding hydrogens is 506 g/mol. The Morgan fingerprint density at radius 2 is 1.68 bits per heavy atom. The quantitative estimate of drug-likeness (QED) is 0.296. The van der Waals surface area contributed by atoms with Crippen molar-refractivity contribution in [2.24, 2.45) is 11.8 Å². The highest BCUT2D eigenvalue weighted by Gasteiger charge is 2.48. The predicted octanol–water partition coefficient (Wildman–Crippen LogP) is 5.35. The minimum absolute atomic E-state index is 0.0497. The van der Waals surface area contributed by atoms with Gasteiger partial charge < -0.3 is 14.6 Å². The van der Waals surface area contributed by atoms with Gasteiger partial charge in [-0.1, -0.05) is 29.4 Å². The number of hydrogen-bond donors (Lipinski definition) is 2. The van der Waals surface area contributed by atoms with Crippen molar-refractivity contribution >= 4 is 0 Å². The molecule has 2 aliphatic rings. The number of aliphatic hydroxyl groups is 1. The average molecular weight is 534 g/mol. The molecule has 0 bridgehead atoms. The lowest BCUT2D eigenvalue weighted by molar-refractivity contribution is -0.272. The summed E-state index contributed by atoms with van der Waals surface area (Å²) in [6, 6.07) is 8.86. The number of hydroxylamine groups is 1. The summed E-state index contributed by atoms with van der Waals surface area (Å²) in [5.74, 6) is -0.598. The van der Waals surface area contributed by atoms with Gasteiger partial charge in [0, 0.05) is 24.9 Å². The normalized spacial score (nSPS) is 25.9. The Balaban J connectivity index is 1.67. The molecule has 6 nitrogen and oxygen atoms in total. The molecule has 0 saturated carbocycles. The topological polar surface area (TPSA) is 65.4 Å². The van der Waals surface area contributed by atoms with Crippen molar-refractivity contribution in [3.05, 3.63) is 70.3 Å². The smallest absolute Gasteiger partial charge is 0.377 e. The van der Waals surface area contributed by atoms with Crippen molar-refractivity contribution in [1.29, 1.82) is 0 Å². The Morgan fingerprint density at radius 1 is 1.05 bits per heavy atom. The van der Waals surface area contributed by atoms with Crippen LogP contribution in [0.5, 0.6) is 0 Å². The van der Waals surface area contributed by atoms with Gasteiger partial charge in [-0.3, -0.25) is 5.21 Å². The largest absolute Gasteiger partial charge is 0.416 e. The molecule has 4 rings (SSSR count). The summed E-state index contributed by atoms with van der Waals surface area (Å²) in [7, 11) is 0. The second-order valence-corrected chi connectivity index (χ2v) is 9.51. The number of nitrogens with zero attached hydrogens (tertiary/aromatic N) is 2. The lowest BCUT2D eigenvalue weighted by Crippen LogP contribution is -2.42. The van der Waals surface area contributed by atoms with Gasteiger partial charge in [0.2, 0.25) is 0 Å². The first-order valence-corrected chi connectivity index (χ1v) is 11.7. The van der Waals surface area contributed by atoms with Crippen LogP contribution in [0.1, 0.15) is 46.8 Å². The standard InChI is InChI=1S/C25H28F6N2O4/c1-14-5-3-4-6-20(14)22-21-11-32(33(35)13-34)10-17(21)12-36-23(22)37-15(2)16-7-18(24(26,27)28)9-19(8-16)25(29,30)31/h3-9,15,17,21-23,34-35H,10-13H2,1-2H3/t15-,17+,21-,22+,23-/m1/s1. The van der Waals surface area contributed by atoms with Crippen LogP contribution < -0.4 is 0 Å². The molecule has 2 heterocycles. The van der Waals surface area contributed by atoms with Gasteiger partial charge >= 0.3 is 12.4 Å². The highest BCUT2D eigenvalue weighted by molar-refractivity contribution is 5.35. The lowest BCUT2D eigenvalue weighted by atomic mass is 9.76. The van der Waals surface area contributed by atoms with E-state index in [4.69, 9.17) is 9.47 Å². The van der Waals surface area contributed by atoms with E-state index in [1.165, 1.54) is 6.92 Å². The number of rotatable bonds is 6. The summed E-state index contributed by atoms with van der Waals surface area (Å²) in [4.78, 5) is 0. The van der Waals surface area contributed by atoms with E-state index >= 15 is 0 Å². The molecule has 0 spiro atoms. The van der Waals surface area contributed by atoms with Crippen LogP contribution in [0.25, 0.3) is 0 Å². The second kappa shape index (κ2) is 10.5. The molecule has 0 unspecified atom stereocenters. The Hall–Kier alpha value is -2.22. The Kier molecular flexibility index (Phi) is 7.89. The molecule has 2 N–H and O–H groups in total. The zero-order valence-corrected chi connectivity index (χ0v) is 20.1. The average Bonchev–Trinajstić information content (AvgIpc) is 3.27. The van der Waals surface area contributed by atoms with E-state index in [-0.39, 0.29) is 30.1 Å². The first kappa shape index (κ1) is 27.8. The number of hydrazine groups is 1. The third kappa shape index (κ3) is 5.94. The number of ether oxygens (including phenoxy) is 2. The third-order valence-corrected chi connectivity index (χ3v) is 7.12. The van der Waals surface area contributed by atoms with Gasteiger partial charge in [-0.2, -0.15) is 26.3 Å². The number of aliphatic hydroxyl groups excluding tert-OH is 1. The molecule has 2 saturated heterocycles. The molecule has 12 heteroatoms. The number of aryl methyl sites for hydroxylation is 1. The molecule has 2 aromatic carbocycles. The van der Waals surface area contributed by atoms with E-state index in [0.717, 1.165) is 11.1 Å². The minimum atomic E-state index is -4.97. The zero-order chi connectivity index (χ0) is 27.1. The van der Waals surface area contributed by atoms with Crippen LogP contribution in [-0.2, 0) is 21.8 Å². The van der Waals surface area contributed by atoms with E-state index < -0.39 is 48.5 Å². The fraction of sp³-hybridized carbons (Fsp3) is 0.520. The van der Waals surface area contributed by atoms with E-state index in [1.807, 2.05) is 31.2 Å². The molecule has 5 atom stereocenters. The Bertz CT molecular complexity index is 1060. The summed E-state index contributed by atoms with van der Waals surface area (Å²) in [6.45, 7) is 3.62. The van der Waals surface area contributed by atoms with Gasteiger partial charge in [0.25, 0.3) is 0 Å². The zero-order valence-electron chi connectivity index (χ0n) is 20.1. The van der Waals surface area contributed by atoms with Crippen LogP contribution in [0.2, 0.25) is 0 Å². The molecule has 2 fully saturated rings. The van der Waals surface area contributed by atoms with Crippen LogP contribution in [-0.4, -0.2) is 53.2 Å². The van der Waals surface area contributed by atoms with Crippen molar-refractivity contribution in [1.82, 2.24) is 10.2 Å². The van der Waals surface area contributed by atoms with Crippen molar-refractivity contribution < 1.29 is 46.1 Å². The summed E-state index contributed by atoms with van der Waals surface area (Å²) in [5.41, 5.74) is -1.31. The lowest BCUT2D eigenvalue weighted by Gasteiger charge is -2.41. The van der Waals surface area contributed by atoms with E-state index in [9.17, 15) is 36.7 Å². The molecule has 2 aliphatic heterocycles. The first-order valence-electron chi connectivity index (χ1n) is 11.7. The maximum absolute atomic E-state index is 13.4. The van der Waals surface area contributed by atoms with Gasteiger partial charge in [0.15, 0.2) is 6.29 Å². The van der Waals surface area contributed by atoms with Gasteiger partial charge in [0.05, 0.1) is 23.8 Å². The van der Waals surface area contributed by atoms with Gasteiger partial charge in [-0.05, 0) is 54.7 Å². The summed E-state index contributed by atoms with van der Waals surface area (Å²) >= 11 is 0. The van der Waals surface area contributed by atoms with Crippen LogP contribution in [0.15, 0.2) is 42.5 Å². The molecule has 37 heavy (non-hydrogen) atoms. The molecular formula is C25H28F6N2O4. The monoisotopic (exact) mass is 534 g/mol. The maximum Gasteiger partial charge on any atom is 0.416 e. The van der Waals surface area contributed by atoms with Crippen molar-refractivity contribution in [2.75, 3.05) is 26.4 Å². The number of halogens is 6. The number of hydrogen-bond acceptors (Lipinski definition) is 6. The molecule has 0 amide bonds. The summed E-state index contributed by atoms with van der Waals surface area (Å²) in [6.07, 6.45) is -12.1. The number of benzene rings is 2. The molecule has 2 aromatic rings. The predicted molar refractivity (Wildman–Crippen MR) is 119 cm³/mol. The van der Waals surface area contributed by atoms with Gasteiger partial charge in [-0.25, -0.2) is 5.01 Å². The molecule has 204 valence electrons. The SMILES string of the molecule is Cc1ccccc1[C@@H]1[C@@H](O[C@H](C)c2cc(C(F)(F)F)cc(C(F)(F)F)c2)OC[C@@H]2CN(N(O)CO)C[C@H]21. The van der Waals surface area contributed by atoms with Crippen LogP contribution >= 0.6 is 0 Å². The van der Waals surface area contributed by atoms with Crippen LogP contribution in [0.3, 0.4) is 0 Å². The molecule has 0 aliphatic carbocycles. The molecule has 0 aromatic heterocycles. The highest BCUT2D eigenvalue weighted by atomic mass is 19.4. The highest BCUT2D eigenvalue weighted by Crippen LogP contribution is 2.46. The summed E-state index contributed by atoms with van der Waals surface area (Å²) in [5, 5.41) is 21.6. The van der Waals surface area contributed by atoms with Crippen molar-refractivity contribution in [3.63, 3.8) is 0 Å². The van der Waals surface area contributed by atoms with E-state index in [2.05, 4.69) is 0 Å². The Morgan fingerprint density at radius 3 is 2.24 bits per heavy atom. The van der Waals surface area contributed by atoms with Gasteiger partial charge in [0.1, 0.15) is 6.73 Å². The maximum atomic E-state index is 13.4. The van der Waals surface area contributed by atoms with Crippen LogP contribution in [0, 0.1) is 18.8 Å².